The number of carbonyl (C=O) groups excluding carboxylic acids is 4. The number of hydrogen-bond donors (Lipinski definition) is 3. The van der Waals surface area contributed by atoms with Gasteiger partial charge >= 0.3 is 59.6 Å². The van der Waals surface area contributed by atoms with Crippen LogP contribution in [0.3, 0.4) is 0 Å². The van der Waals surface area contributed by atoms with Gasteiger partial charge in [0.05, 0.1) is 17.0 Å². The van der Waals surface area contributed by atoms with Gasteiger partial charge in [-0.25, -0.2) is 0 Å². The largest absolute Gasteiger partial charge is 0.396 e. The molecule has 0 aliphatic heterocycles. The van der Waals surface area contributed by atoms with Crippen molar-refractivity contribution in [2.45, 2.75) is 33.6 Å². The SMILES string of the molecule is C.CCO.ClP(Cl)(Cl)(Cl)Cl.O=[N+]([O-])O.[Ag].[B]C(=O)CCBr.[B]C(=O)CCO.[B]C(=O)CCO[N+](=O)[O-].[B]C(=O)Cl. The molecule has 40 heavy (non-hydrogen) atoms. The zero-order valence-corrected chi connectivity index (χ0v) is 28.1. The summed E-state index contributed by atoms with van der Waals surface area (Å²) in [5.74, 6) is 0. The van der Waals surface area contributed by atoms with Crippen LogP contribution in [0.5, 0.6) is 0 Å². The molecule has 0 saturated heterocycles. The fourth-order valence-electron chi connectivity index (χ4n) is 0.424. The molecule has 0 unspecified atom stereocenters. The Hall–Kier alpha value is 0.650. The van der Waals surface area contributed by atoms with Gasteiger partial charge in [-0.05, 0) is 6.92 Å². The molecule has 0 aliphatic rings. The molecule has 0 bridgehead atoms. The molecule has 0 aromatic heterocycles. The quantitative estimate of drug-likeness (QED) is 0.0789. The molecular weight excluding hydrogens is 851 g/mol. The van der Waals surface area contributed by atoms with Crippen LogP contribution in [0.2, 0.25) is 0 Å². The van der Waals surface area contributed by atoms with Gasteiger partial charge in [-0.3, -0.25) is 4.79 Å². The molecule has 0 spiro atoms. The van der Waals surface area contributed by atoms with Crippen molar-refractivity contribution >= 4 is 141 Å². The third-order valence-corrected chi connectivity index (χ3v) is 1.64. The van der Waals surface area contributed by atoms with E-state index in [1.54, 1.807) is 6.92 Å². The average Bonchev–Trinajstić information content (AvgIpc) is 2.59. The second-order valence-electron chi connectivity index (χ2n) is 4.62. The first-order chi connectivity index (χ1) is 16.8. The minimum atomic E-state index is -3.69. The third kappa shape index (κ3) is 342. The summed E-state index contributed by atoms with van der Waals surface area (Å²) in [6.07, 6.45) is 0.376. The molecule has 27 heteroatoms. The Morgan fingerprint density at radius 3 is 1.18 bits per heavy atom. The predicted octanol–water partition coefficient (Wildman–Crippen LogP) is 3.92. The minimum absolute atomic E-state index is 0. The number of alkyl halides is 1. The fourth-order valence-corrected chi connectivity index (χ4v) is 0.815. The molecule has 0 fully saturated rings. The van der Waals surface area contributed by atoms with Crippen molar-refractivity contribution in [1.29, 1.82) is 0 Å². The number of aliphatic hydroxyl groups is 2. The zero-order chi connectivity index (χ0) is 32.6. The topological polar surface area (TPSA) is 224 Å². The van der Waals surface area contributed by atoms with Crippen molar-refractivity contribution in [2.75, 3.05) is 25.2 Å². The van der Waals surface area contributed by atoms with Crippen LogP contribution in [-0.4, -0.2) is 104 Å². The van der Waals surface area contributed by atoms with Crippen LogP contribution in [0, 0.1) is 20.2 Å². The van der Waals surface area contributed by atoms with Crippen molar-refractivity contribution in [3.05, 3.63) is 20.2 Å². The molecule has 0 aliphatic carbocycles. The Labute approximate surface area is 289 Å². The summed E-state index contributed by atoms with van der Waals surface area (Å²) in [5.41, 5.74) is -1.33. The van der Waals surface area contributed by atoms with E-state index in [1.807, 2.05) is 0 Å². The monoisotopic (exact) mass is 871 g/mol. The van der Waals surface area contributed by atoms with Crippen molar-refractivity contribution in [3.8, 4) is 0 Å². The van der Waals surface area contributed by atoms with Crippen molar-refractivity contribution < 1.29 is 72.0 Å². The standard InChI is InChI=1S/C3H4BBrO.C3H4BNO4.C3H5BO2.C2H6O.CBClO.CH4.Ag.Cl5P.HNO3/c4-3(6)1-2-5;4-3(6)1-2-9-5(7)8;4-3(6)1-2-5;1-2-3;2-1(3)4;;;1-6(2,3,4)5;2-1(3)4/h1-2H2;1-2H2;5H,1-2H2;3H,2H2,1H3;;1H4;;;(H,2,3,4). The number of nitrogens with zero attached hydrogens (tertiary/aromatic N) is 2. The predicted molar refractivity (Wildman–Crippen MR) is 161 cm³/mol. The van der Waals surface area contributed by atoms with Crippen molar-refractivity contribution in [1.82, 2.24) is 0 Å². The van der Waals surface area contributed by atoms with Gasteiger partial charge < -0.3 is 34.6 Å². The van der Waals surface area contributed by atoms with Crippen molar-refractivity contribution in [2.24, 2.45) is 0 Å². The van der Waals surface area contributed by atoms with E-state index in [1.165, 1.54) is 0 Å². The van der Waals surface area contributed by atoms with E-state index in [2.05, 4.69) is 55.9 Å². The van der Waals surface area contributed by atoms with E-state index in [0.29, 0.717) is 11.8 Å². The molecule has 0 aromatic rings. The third-order valence-electron chi connectivity index (χ3n) is 1.24. The van der Waals surface area contributed by atoms with Crippen molar-refractivity contribution in [3.63, 3.8) is 0 Å². The summed E-state index contributed by atoms with van der Waals surface area (Å²) in [6.45, 7) is 1.53. The molecule has 3 N–H and O–H groups in total. The summed E-state index contributed by atoms with van der Waals surface area (Å²) in [6, 6.07) is 0. The Morgan fingerprint density at radius 2 is 1.10 bits per heavy atom. The molecule has 0 amide bonds. The second-order valence-corrected chi connectivity index (χ2v) is 22.4. The summed E-state index contributed by atoms with van der Waals surface area (Å²) in [7, 11) is 18.2. The van der Waals surface area contributed by atoms with Gasteiger partial charge in [0.1, 0.15) is 6.61 Å². The number of rotatable bonds is 8. The first-order valence-electron chi connectivity index (χ1n) is 8.57. The van der Waals surface area contributed by atoms with E-state index in [0.717, 1.165) is 0 Å². The number of halogens is 7. The maximum atomic E-state index is 9.90. The Kier molecular flexibility index (Phi) is 70.3. The minimum Gasteiger partial charge on any atom is -0.396 e. The van der Waals surface area contributed by atoms with Crippen LogP contribution in [0.1, 0.15) is 33.6 Å². The molecular formula is C13H24AgB4BrCl6N2O12P. The van der Waals surface area contributed by atoms with Gasteiger partial charge in [0.25, 0.3) is 10.2 Å². The Bertz CT molecular complexity index is 611. The van der Waals surface area contributed by atoms with Gasteiger partial charge in [0.15, 0.2) is 36.5 Å². The van der Waals surface area contributed by atoms with E-state index < -0.39 is 30.0 Å². The number of carbonyl (C=O) groups is 4. The summed E-state index contributed by atoms with van der Waals surface area (Å²) < 4.78 is -3.69. The summed E-state index contributed by atoms with van der Waals surface area (Å²) in [5, 5.41) is 37.4. The van der Waals surface area contributed by atoms with Gasteiger partial charge in [0.2, 0.25) is 0 Å². The fraction of sp³-hybridized carbons (Fsp3) is 0.692. The molecule has 0 atom stereocenters. The molecule has 0 saturated carbocycles. The molecule has 9 radical (unpaired) electrons. The van der Waals surface area contributed by atoms with Gasteiger partial charge in [-0.15, -0.1) is 20.2 Å². The summed E-state index contributed by atoms with van der Waals surface area (Å²) >= 11 is 32.4. The van der Waals surface area contributed by atoms with Gasteiger partial charge in [0, 0.05) is 60.2 Å². The smallest absolute Gasteiger partial charge is 0.294 e. The maximum Gasteiger partial charge on any atom is 0.294 e. The van der Waals surface area contributed by atoms with E-state index in [4.69, 9.17) is 94.4 Å². The van der Waals surface area contributed by atoms with Crippen LogP contribution in [0.25, 0.3) is 0 Å². The first-order valence-corrected chi connectivity index (χ1v) is 16.8. The first kappa shape index (κ1) is 63.8. The zero-order valence-electron chi connectivity index (χ0n) is 19.6. The molecule has 0 heterocycles. The van der Waals surface area contributed by atoms with Crippen LogP contribution >= 0.6 is 87.1 Å². The van der Waals surface area contributed by atoms with Gasteiger partial charge in [-0.1, -0.05) is 35.0 Å². The van der Waals surface area contributed by atoms with E-state index in [9.17, 15) is 24.5 Å². The number of hydrogen-bond acceptors (Lipinski definition) is 11. The van der Waals surface area contributed by atoms with Crippen LogP contribution in [0.4, 0.5) is 4.79 Å². The van der Waals surface area contributed by atoms with E-state index >= 15 is 0 Å². The van der Waals surface area contributed by atoms with Crippen LogP contribution < -0.4 is 0 Å². The average molecular weight is 875 g/mol. The normalized spacial score (nSPS) is 8.90. The molecule has 235 valence electrons. The van der Waals surface area contributed by atoms with Crippen LogP contribution in [0.15, 0.2) is 0 Å². The Morgan fingerprint density at radius 1 is 0.875 bits per heavy atom. The molecule has 0 aromatic carbocycles. The van der Waals surface area contributed by atoms with E-state index in [-0.39, 0.29) is 68.2 Å². The second kappa shape index (κ2) is 44.1. The summed E-state index contributed by atoms with van der Waals surface area (Å²) in [4.78, 5) is 59.9. The number of aliphatic hydroxyl groups excluding tert-OH is 2. The Balaban J connectivity index is -0.0000000407. The maximum absolute atomic E-state index is 9.90. The van der Waals surface area contributed by atoms with Crippen LogP contribution in [-0.2, 0) is 41.6 Å². The molecule has 14 nitrogen and oxygen atoms in total. The van der Waals surface area contributed by atoms with Gasteiger partial charge in [-0.2, -0.15) is 0 Å². The molecule has 0 rings (SSSR count).